The van der Waals surface area contributed by atoms with Crippen molar-refractivity contribution in [1.82, 2.24) is 0 Å². The zero-order valence-electron chi connectivity index (χ0n) is 15.4. The van der Waals surface area contributed by atoms with Crippen LogP contribution in [-0.2, 0) is 11.8 Å². The van der Waals surface area contributed by atoms with Gasteiger partial charge >= 0.3 is 0 Å². The van der Waals surface area contributed by atoms with Crippen LogP contribution in [0.2, 0.25) is 0 Å². The van der Waals surface area contributed by atoms with Crippen LogP contribution in [0.15, 0.2) is 84.9 Å². The SMILES string of the molecule is CC(C)(COc1cccc(CC(O)c2ccccc2)c1)c1ccccc1. The summed E-state index contributed by atoms with van der Waals surface area (Å²) < 4.78 is 6.07. The lowest BCUT2D eigenvalue weighted by atomic mass is 9.86. The van der Waals surface area contributed by atoms with Crippen molar-refractivity contribution < 1.29 is 9.84 Å². The van der Waals surface area contributed by atoms with Crippen LogP contribution in [0, 0.1) is 0 Å². The van der Waals surface area contributed by atoms with E-state index in [1.54, 1.807) is 0 Å². The minimum absolute atomic E-state index is 0.0686. The summed E-state index contributed by atoms with van der Waals surface area (Å²) in [7, 11) is 0. The Kier molecular flexibility index (Phi) is 5.75. The van der Waals surface area contributed by atoms with Crippen LogP contribution in [-0.4, -0.2) is 11.7 Å². The molecular weight excluding hydrogens is 320 g/mol. The van der Waals surface area contributed by atoms with Crippen LogP contribution in [0.4, 0.5) is 0 Å². The van der Waals surface area contributed by atoms with Gasteiger partial charge in [-0.25, -0.2) is 0 Å². The normalized spacial score (nSPS) is 12.6. The van der Waals surface area contributed by atoms with Crippen LogP contribution in [0.3, 0.4) is 0 Å². The van der Waals surface area contributed by atoms with Crippen LogP contribution in [0.25, 0.3) is 0 Å². The van der Waals surface area contributed by atoms with Gasteiger partial charge in [0.15, 0.2) is 0 Å². The van der Waals surface area contributed by atoms with Crippen molar-refractivity contribution in [3.8, 4) is 5.75 Å². The zero-order chi connectivity index (χ0) is 18.4. The van der Waals surface area contributed by atoms with Crippen molar-refractivity contribution in [2.45, 2.75) is 31.8 Å². The fourth-order valence-corrected chi connectivity index (χ4v) is 3.01. The van der Waals surface area contributed by atoms with Crippen molar-refractivity contribution in [1.29, 1.82) is 0 Å². The summed E-state index contributed by atoms with van der Waals surface area (Å²) in [6.45, 7) is 4.97. The lowest BCUT2D eigenvalue weighted by Gasteiger charge is -2.25. The predicted octanol–water partition coefficient (Wildman–Crippen LogP) is 5.32. The molecule has 0 amide bonds. The van der Waals surface area contributed by atoms with Crippen LogP contribution < -0.4 is 4.74 Å². The molecule has 2 nitrogen and oxygen atoms in total. The summed E-state index contributed by atoms with van der Waals surface area (Å²) in [5.41, 5.74) is 3.19. The third-order valence-electron chi connectivity index (χ3n) is 4.67. The molecule has 0 aromatic heterocycles. The number of hydrogen-bond donors (Lipinski definition) is 1. The first kappa shape index (κ1) is 18.2. The predicted molar refractivity (Wildman–Crippen MR) is 107 cm³/mol. The van der Waals surface area contributed by atoms with Gasteiger partial charge in [-0.1, -0.05) is 86.6 Å². The van der Waals surface area contributed by atoms with Gasteiger partial charge in [-0.05, 0) is 28.8 Å². The number of rotatable bonds is 7. The van der Waals surface area contributed by atoms with Crippen LogP contribution in [0.5, 0.6) is 5.75 Å². The highest BCUT2D eigenvalue weighted by Crippen LogP contribution is 2.26. The Morgan fingerprint density at radius 2 is 1.50 bits per heavy atom. The molecule has 0 aliphatic rings. The Hall–Kier alpha value is -2.58. The first-order valence-corrected chi connectivity index (χ1v) is 9.05. The molecule has 1 N–H and O–H groups in total. The van der Waals surface area contributed by atoms with E-state index < -0.39 is 6.10 Å². The monoisotopic (exact) mass is 346 g/mol. The maximum atomic E-state index is 10.4. The molecule has 2 heteroatoms. The number of hydrogen-bond acceptors (Lipinski definition) is 2. The minimum Gasteiger partial charge on any atom is -0.493 e. The van der Waals surface area contributed by atoms with Gasteiger partial charge < -0.3 is 9.84 Å². The second kappa shape index (κ2) is 8.20. The molecule has 0 fully saturated rings. The molecule has 0 saturated carbocycles. The molecule has 0 aliphatic heterocycles. The molecule has 0 aliphatic carbocycles. The molecule has 0 spiro atoms. The quantitative estimate of drug-likeness (QED) is 0.627. The van der Waals surface area contributed by atoms with Gasteiger partial charge in [0.25, 0.3) is 0 Å². The third kappa shape index (κ3) is 4.74. The van der Waals surface area contributed by atoms with Gasteiger partial charge in [-0.15, -0.1) is 0 Å². The fourth-order valence-electron chi connectivity index (χ4n) is 3.01. The van der Waals surface area contributed by atoms with E-state index in [9.17, 15) is 5.11 Å². The van der Waals surface area contributed by atoms with E-state index in [0.717, 1.165) is 16.9 Å². The molecule has 3 rings (SSSR count). The van der Waals surface area contributed by atoms with Crippen LogP contribution in [0.1, 0.15) is 36.6 Å². The molecule has 1 unspecified atom stereocenters. The number of ether oxygens (including phenoxy) is 1. The smallest absolute Gasteiger partial charge is 0.119 e. The summed E-state index contributed by atoms with van der Waals surface area (Å²) in [4.78, 5) is 0. The molecule has 0 radical (unpaired) electrons. The van der Waals surface area contributed by atoms with Crippen molar-refractivity contribution in [2.75, 3.05) is 6.61 Å². The van der Waals surface area contributed by atoms with Gasteiger partial charge in [-0.3, -0.25) is 0 Å². The average molecular weight is 346 g/mol. The molecule has 0 saturated heterocycles. The van der Waals surface area contributed by atoms with E-state index in [2.05, 4.69) is 38.1 Å². The number of aliphatic hydroxyl groups is 1. The Labute approximate surface area is 156 Å². The van der Waals surface area contributed by atoms with E-state index >= 15 is 0 Å². The van der Waals surface area contributed by atoms with Gasteiger partial charge in [0.05, 0.1) is 12.7 Å². The largest absolute Gasteiger partial charge is 0.493 e. The summed E-state index contributed by atoms with van der Waals surface area (Å²) in [6, 6.07) is 28.2. The highest BCUT2D eigenvalue weighted by molar-refractivity contribution is 5.31. The van der Waals surface area contributed by atoms with Crippen LogP contribution >= 0.6 is 0 Å². The third-order valence-corrected chi connectivity index (χ3v) is 4.67. The molecule has 0 heterocycles. The van der Waals surface area contributed by atoms with Gasteiger partial charge in [0, 0.05) is 11.8 Å². The highest BCUT2D eigenvalue weighted by atomic mass is 16.5. The maximum Gasteiger partial charge on any atom is 0.119 e. The second-order valence-corrected chi connectivity index (χ2v) is 7.32. The van der Waals surface area contributed by atoms with E-state index in [0.29, 0.717) is 13.0 Å². The van der Waals surface area contributed by atoms with Crippen molar-refractivity contribution in [3.05, 3.63) is 102 Å². The Morgan fingerprint density at radius 3 is 2.19 bits per heavy atom. The molecule has 0 bridgehead atoms. The Bertz CT molecular complexity index is 810. The highest BCUT2D eigenvalue weighted by Gasteiger charge is 2.21. The summed E-state index contributed by atoms with van der Waals surface area (Å²) in [6.07, 6.45) is 0.0655. The maximum absolute atomic E-state index is 10.4. The summed E-state index contributed by atoms with van der Waals surface area (Å²) >= 11 is 0. The van der Waals surface area contributed by atoms with Crippen molar-refractivity contribution >= 4 is 0 Å². The second-order valence-electron chi connectivity index (χ2n) is 7.32. The summed E-state index contributed by atoms with van der Waals surface area (Å²) in [5, 5.41) is 10.4. The standard InChI is InChI=1S/C24H26O2/c1-24(2,21-13-7-4-8-14-21)18-26-22-15-9-10-19(16-22)17-23(25)20-11-5-3-6-12-20/h3-16,23,25H,17-18H2,1-2H3. The summed E-state index contributed by atoms with van der Waals surface area (Å²) in [5.74, 6) is 0.840. The Balaban J connectivity index is 1.64. The van der Waals surface area contributed by atoms with Gasteiger partial charge in [-0.2, -0.15) is 0 Å². The van der Waals surface area contributed by atoms with E-state index in [1.807, 2.05) is 60.7 Å². The molecular formula is C24H26O2. The molecule has 1 atom stereocenters. The van der Waals surface area contributed by atoms with Gasteiger partial charge in [0.1, 0.15) is 5.75 Å². The number of aliphatic hydroxyl groups excluding tert-OH is 1. The van der Waals surface area contributed by atoms with E-state index in [1.165, 1.54) is 5.56 Å². The topological polar surface area (TPSA) is 29.5 Å². The lowest BCUT2D eigenvalue weighted by Crippen LogP contribution is -2.26. The molecule has 26 heavy (non-hydrogen) atoms. The zero-order valence-corrected chi connectivity index (χ0v) is 15.4. The van der Waals surface area contributed by atoms with Gasteiger partial charge in [0.2, 0.25) is 0 Å². The molecule has 3 aromatic carbocycles. The number of benzene rings is 3. The minimum atomic E-state index is -0.507. The van der Waals surface area contributed by atoms with Crippen molar-refractivity contribution in [3.63, 3.8) is 0 Å². The first-order chi connectivity index (χ1) is 12.5. The Morgan fingerprint density at radius 1 is 0.846 bits per heavy atom. The average Bonchev–Trinajstić information content (AvgIpc) is 2.68. The van der Waals surface area contributed by atoms with E-state index in [4.69, 9.17) is 4.74 Å². The molecule has 134 valence electrons. The lowest BCUT2D eigenvalue weighted by molar-refractivity contribution is 0.178. The first-order valence-electron chi connectivity index (χ1n) is 9.05. The van der Waals surface area contributed by atoms with E-state index in [-0.39, 0.29) is 5.41 Å². The van der Waals surface area contributed by atoms with Crippen molar-refractivity contribution in [2.24, 2.45) is 0 Å². The fraction of sp³-hybridized carbons (Fsp3) is 0.250. The molecule has 3 aromatic rings.